The van der Waals surface area contributed by atoms with Crippen molar-refractivity contribution in [2.24, 2.45) is 4.99 Å². The predicted octanol–water partition coefficient (Wildman–Crippen LogP) is 3.81. The highest BCUT2D eigenvalue weighted by atomic mass is 127. The van der Waals surface area contributed by atoms with Gasteiger partial charge in [0.15, 0.2) is 17.5 Å². The van der Waals surface area contributed by atoms with Crippen LogP contribution in [0.25, 0.3) is 10.9 Å². The molecule has 9 heteroatoms. The van der Waals surface area contributed by atoms with Gasteiger partial charge in [0.25, 0.3) is 0 Å². The summed E-state index contributed by atoms with van der Waals surface area (Å²) in [6.45, 7) is 1.15. The molecule has 0 saturated heterocycles. The van der Waals surface area contributed by atoms with E-state index in [1.807, 2.05) is 49.3 Å². The molecule has 0 radical (unpaired) electrons. The van der Waals surface area contributed by atoms with Crippen molar-refractivity contribution in [2.75, 3.05) is 47.4 Å². The number of hydrogen-bond acceptors (Lipinski definition) is 6. The van der Waals surface area contributed by atoms with Gasteiger partial charge in [0.2, 0.25) is 5.75 Å². The van der Waals surface area contributed by atoms with E-state index in [4.69, 9.17) is 19.2 Å². The Bertz CT molecular complexity index is 1080. The van der Waals surface area contributed by atoms with Gasteiger partial charge in [-0.3, -0.25) is 4.99 Å². The number of ether oxygens (including phenoxy) is 3. The van der Waals surface area contributed by atoms with E-state index < -0.39 is 0 Å². The summed E-state index contributed by atoms with van der Waals surface area (Å²) in [5.74, 6) is 3.41. The molecule has 8 nitrogen and oxygen atoms in total. The first-order valence-corrected chi connectivity index (χ1v) is 10.3. The van der Waals surface area contributed by atoms with Gasteiger partial charge in [-0.25, -0.2) is 4.98 Å². The lowest BCUT2D eigenvalue weighted by atomic mass is 10.1. The minimum absolute atomic E-state index is 0. The molecule has 1 aromatic heterocycles. The molecule has 0 bridgehead atoms. The number of nitrogens with one attached hydrogen (secondary N) is 2. The normalized spacial score (nSPS) is 10.9. The number of guanidine groups is 1. The quantitative estimate of drug-likeness (QED) is 0.244. The Morgan fingerprint density at radius 2 is 1.58 bits per heavy atom. The molecule has 2 aromatic carbocycles. The Kier molecular flexibility index (Phi) is 9.83. The third-order valence-electron chi connectivity index (χ3n) is 5.10. The Balaban J connectivity index is 0.00000385. The zero-order chi connectivity index (χ0) is 23.1. The molecule has 33 heavy (non-hydrogen) atoms. The maximum Gasteiger partial charge on any atom is 0.203 e. The summed E-state index contributed by atoms with van der Waals surface area (Å²) in [5.41, 5.74) is 3.10. The Hall–Kier alpha value is -2.95. The topological polar surface area (TPSA) is 80.2 Å². The number of fused-ring (bicyclic) bond motifs is 1. The summed E-state index contributed by atoms with van der Waals surface area (Å²) in [4.78, 5) is 11.1. The van der Waals surface area contributed by atoms with Gasteiger partial charge in [0.1, 0.15) is 5.82 Å². The first-order valence-electron chi connectivity index (χ1n) is 10.3. The van der Waals surface area contributed by atoms with Crippen LogP contribution in [-0.4, -0.2) is 53.4 Å². The van der Waals surface area contributed by atoms with E-state index in [0.717, 1.165) is 27.8 Å². The number of pyridine rings is 1. The molecule has 0 aliphatic carbocycles. The number of anilines is 1. The highest BCUT2D eigenvalue weighted by Gasteiger charge is 2.13. The van der Waals surface area contributed by atoms with Gasteiger partial charge in [-0.05, 0) is 35.4 Å². The van der Waals surface area contributed by atoms with Crippen molar-refractivity contribution in [2.45, 2.75) is 13.1 Å². The van der Waals surface area contributed by atoms with E-state index in [1.54, 1.807) is 28.4 Å². The van der Waals surface area contributed by atoms with E-state index in [9.17, 15) is 0 Å². The van der Waals surface area contributed by atoms with Gasteiger partial charge in [0.05, 0.1) is 26.8 Å². The Labute approximate surface area is 212 Å². The average molecular weight is 565 g/mol. The van der Waals surface area contributed by atoms with Crippen LogP contribution in [0.5, 0.6) is 17.2 Å². The van der Waals surface area contributed by atoms with Crippen molar-refractivity contribution in [1.82, 2.24) is 15.6 Å². The molecule has 3 rings (SSSR count). The monoisotopic (exact) mass is 565 g/mol. The fourth-order valence-corrected chi connectivity index (χ4v) is 3.43. The van der Waals surface area contributed by atoms with Crippen LogP contribution in [-0.2, 0) is 13.1 Å². The number of benzene rings is 2. The van der Waals surface area contributed by atoms with Gasteiger partial charge < -0.3 is 29.7 Å². The van der Waals surface area contributed by atoms with Crippen molar-refractivity contribution in [1.29, 1.82) is 0 Å². The molecular weight excluding hydrogens is 533 g/mol. The summed E-state index contributed by atoms with van der Waals surface area (Å²) < 4.78 is 16.3. The van der Waals surface area contributed by atoms with Crippen LogP contribution in [0.15, 0.2) is 47.5 Å². The van der Waals surface area contributed by atoms with Crippen molar-refractivity contribution in [3.63, 3.8) is 0 Å². The first-order chi connectivity index (χ1) is 15.5. The third-order valence-corrected chi connectivity index (χ3v) is 5.10. The minimum Gasteiger partial charge on any atom is -0.493 e. The molecule has 0 spiro atoms. The van der Waals surface area contributed by atoms with Gasteiger partial charge in [0, 0.05) is 39.6 Å². The maximum atomic E-state index is 5.44. The molecule has 0 aliphatic heterocycles. The van der Waals surface area contributed by atoms with E-state index in [0.29, 0.717) is 36.3 Å². The molecule has 0 fully saturated rings. The van der Waals surface area contributed by atoms with Crippen LogP contribution >= 0.6 is 24.0 Å². The number of methoxy groups -OCH3 is 3. The Morgan fingerprint density at radius 3 is 2.15 bits per heavy atom. The number of para-hydroxylation sites is 1. The number of nitrogens with zero attached hydrogens (tertiary/aromatic N) is 3. The molecule has 0 unspecified atom stereocenters. The van der Waals surface area contributed by atoms with Crippen molar-refractivity contribution < 1.29 is 14.2 Å². The standard InChI is InChI=1S/C24H31N5O3.HI/c1-25-24(26-14-16-11-20(30-4)23(32-6)21(12-16)31-5)27-15-17-13-22(29(2)3)28-19-10-8-7-9-18(17)19;/h7-13H,14-15H2,1-6H3,(H2,25,26,27);1H. The molecule has 178 valence electrons. The number of aromatic nitrogens is 1. The largest absolute Gasteiger partial charge is 0.493 e. The number of hydrogen-bond donors (Lipinski definition) is 2. The summed E-state index contributed by atoms with van der Waals surface area (Å²) in [5, 5.41) is 7.86. The summed E-state index contributed by atoms with van der Waals surface area (Å²) in [6, 6.07) is 14.1. The van der Waals surface area contributed by atoms with Crippen molar-refractivity contribution in [3.8, 4) is 17.2 Å². The summed E-state index contributed by atoms with van der Waals surface area (Å²) in [6.07, 6.45) is 0. The molecule has 0 aliphatic rings. The van der Waals surface area contributed by atoms with E-state index in [-0.39, 0.29) is 24.0 Å². The van der Waals surface area contributed by atoms with Gasteiger partial charge >= 0.3 is 0 Å². The maximum absolute atomic E-state index is 5.44. The minimum atomic E-state index is 0. The lowest BCUT2D eigenvalue weighted by Crippen LogP contribution is -2.36. The van der Waals surface area contributed by atoms with E-state index >= 15 is 0 Å². The summed E-state index contributed by atoms with van der Waals surface area (Å²) >= 11 is 0. The van der Waals surface area contributed by atoms with Crippen LogP contribution in [0, 0.1) is 0 Å². The van der Waals surface area contributed by atoms with Crippen LogP contribution < -0.4 is 29.7 Å². The van der Waals surface area contributed by atoms with Crippen molar-refractivity contribution in [3.05, 3.63) is 53.6 Å². The lowest BCUT2D eigenvalue weighted by Gasteiger charge is -2.17. The average Bonchev–Trinajstić information content (AvgIpc) is 2.82. The van der Waals surface area contributed by atoms with Crippen LogP contribution in [0.2, 0.25) is 0 Å². The number of rotatable bonds is 8. The smallest absolute Gasteiger partial charge is 0.203 e. The number of aliphatic imine (C=N–C) groups is 1. The van der Waals surface area contributed by atoms with Crippen molar-refractivity contribution >= 4 is 46.7 Å². The molecule has 1 heterocycles. The molecule has 0 atom stereocenters. The van der Waals surface area contributed by atoms with Gasteiger partial charge in [-0.1, -0.05) is 18.2 Å². The highest BCUT2D eigenvalue weighted by Crippen LogP contribution is 2.38. The second kappa shape index (κ2) is 12.3. The molecule has 0 saturated carbocycles. The predicted molar refractivity (Wildman–Crippen MR) is 145 cm³/mol. The molecule has 3 aromatic rings. The number of halogens is 1. The van der Waals surface area contributed by atoms with Gasteiger partial charge in [-0.2, -0.15) is 0 Å². The van der Waals surface area contributed by atoms with Crippen LogP contribution in [0.1, 0.15) is 11.1 Å². The Morgan fingerprint density at radius 1 is 0.939 bits per heavy atom. The lowest BCUT2D eigenvalue weighted by molar-refractivity contribution is 0.323. The second-order valence-electron chi connectivity index (χ2n) is 7.36. The highest BCUT2D eigenvalue weighted by molar-refractivity contribution is 14.0. The van der Waals surface area contributed by atoms with Crippen LogP contribution in [0.4, 0.5) is 5.82 Å². The second-order valence-corrected chi connectivity index (χ2v) is 7.36. The SMILES string of the molecule is CN=C(NCc1cc(OC)c(OC)c(OC)c1)NCc1cc(N(C)C)nc2ccccc12.I. The molecule has 0 amide bonds. The first kappa shape index (κ1) is 26.3. The van der Waals surface area contributed by atoms with Crippen LogP contribution in [0.3, 0.4) is 0 Å². The fourth-order valence-electron chi connectivity index (χ4n) is 3.43. The fraction of sp³-hybridized carbons (Fsp3) is 0.333. The van der Waals surface area contributed by atoms with Gasteiger partial charge in [-0.15, -0.1) is 24.0 Å². The zero-order valence-corrected chi connectivity index (χ0v) is 22.3. The van der Waals surface area contributed by atoms with E-state index in [2.05, 4.69) is 27.8 Å². The molecular formula is C24H32IN5O3. The third kappa shape index (κ3) is 6.31. The zero-order valence-electron chi connectivity index (χ0n) is 19.9. The van der Waals surface area contributed by atoms with E-state index in [1.165, 1.54) is 0 Å². The summed E-state index contributed by atoms with van der Waals surface area (Å²) in [7, 11) is 10.5. The molecule has 2 N–H and O–H groups in total.